The third-order valence-corrected chi connectivity index (χ3v) is 6.00. The summed E-state index contributed by atoms with van der Waals surface area (Å²) in [6.45, 7) is 1.23. The van der Waals surface area contributed by atoms with Gasteiger partial charge in [-0.15, -0.1) is 0 Å². The second-order valence-electron chi connectivity index (χ2n) is 5.87. The number of anilines is 1. The average molecular weight is 387 g/mol. The number of fused-ring (bicyclic) bond motifs is 1. The van der Waals surface area contributed by atoms with E-state index in [0.717, 1.165) is 17.3 Å². The predicted molar refractivity (Wildman–Crippen MR) is 89.1 cm³/mol. The van der Waals surface area contributed by atoms with Crippen LogP contribution in [0.5, 0.6) is 0 Å². The van der Waals surface area contributed by atoms with Crippen LogP contribution in [0.4, 0.5) is 5.69 Å². The van der Waals surface area contributed by atoms with Crippen molar-refractivity contribution in [2.45, 2.75) is 49.9 Å². The first-order valence-corrected chi connectivity index (χ1v) is 9.32. The lowest BCUT2D eigenvalue weighted by Crippen LogP contribution is -2.47. The van der Waals surface area contributed by atoms with Gasteiger partial charge >= 0.3 is 0 Å². The van der Waals surface area contributed by atoms with Crippen LogP contribution in [0.2, 0.25) is 0 Å². The Hall–Kier alpha value is -0.0200. The molecule has 2 unspecified atom stereocenters. The van der Waals surface area contributed by atoms with Crippen LogP contribution in [-0.4, -0.2) is 12.6 Å². The zero-order valence-electron chi connectivity index (χ0n) is 11.2. The SMILES string of the molecule is BrCc1ccc(N2CCCC3CCCCC32)c(Br)c1. The van der Waals surface area contributed by atoms with Crippen molar-refractivity contribution in [3.63, 3.8) is 0 Å². The Morgan fingerprint density at radius 2 is 1.89 bits per heavy atom. The van der Waals surface area contributed by atoms with Crippen molar-refractivity contribution in [2.75, 3.05) is 11.4 Å². The van der Waals surface area contributed by atoms with Crippen molar-refractivity contribution in [3.05, 3.63) is 28.2 Å². The van der Waals surface area contributed by atoms with Gasteiger partial charge in [-0.05, 0) is 65.2 Å². The first-order valence-electron chi connectivity index (χ1n) is 7.40. The minimum atomic E-state index is 0.786. The summed E-state index contributed by atoms with van der Waals surface area (Å²) in [5.74, 6) is 0.935. The number of alkyl halides is 1. The maximum Gasteiger partial charge on any atom is 0.0513 e. The molecule has 1 aliphatic carbocycles. The largest absolute Gasteiger partial charge is 0.367 e. The molecular formula is C16H21Br2N. The Bertz CT molecular complexity index is 444. The lowest BCUT2D eigenvalue weighted by Gasteiger charge is -2.45. The van der Waals surface area contributed by atoms with Gasteiger partial charge in [-0.2, -0.15) is 0 Å². The second kappa shape index (κ2) is 6.17. The highest BCUT2D eigenvalue weighted by Crippen LogP contribution is 2.40. The molecule has 104 valence electrons. The molecule has 19 heavy (non-hydrogen) atoms. The average Bonchev–Trinajstić information content (AvgIpc) is 2.46. The zero-order valence-corrected chi connectivity index (χ0v) is 14.4. The maximum atomic E-state index is 3.78. The van der Waals surface area contributed by atoms with E-state index in [1.807, 2.05) is 0 Å². The number of hydrogen-bond donors (Lipinski definition) is 0. The van der Waals surface area contributed by atoms with Crippen molar-refractivity contribution in [2.24, 2.45) is 5.92 Å². The van der Waals surface area contributed by atoms with Gasteiger partial charge in [0.25, 0.3) is 0 Å². The van der Waals surface area contributed by atoms with Crippen molar-refractivity contribution in [1.82, 2.24) is 0 Å². The van der Waals surface area contributed by atoms with Gasteiger partial charge in [0.2, 0.25) is 0 Å². The van der Waals surface area contributed by atoms with Gasteiger partial charge in [0.1, 0.15) is 0 Å². The molecule has 0 N–H and O–H groups in total. The van der Waals surface area contributed by atoms with Crippen molar-refractivity contribution in [3.8, 4) is 0 Å². The summed E-state index contributed by atoms with van der Waals surface area (Å²) in [7, 11) is 0. The summed E-state index contributed by atoms with van der Waals surface area (Å²) in [6, 6.07) is 7.60. The van der Waals surface area contributed by atoms with E-state index in [2.05, 4.69) is 55.0 Å². The lowest BCUT2D eigenvalue weighted by atomic mass is 9.78. The predicted octanol–water partition coefficient (Wildman–Crippen LogP) is 5.50. The van der Waals surface area contributed by atoms with Crippen molar-refractivity contribution >= 4 is 37.5 Å². The van der Waals surface area contributed by atoms with Gasteiger partial charge in [0.15, 0.2) is 0 Å². The van der Waals surface area contributed by atoms with Gasteiger partial charge in [0.05, 0.1) is 5.69 Å². The minimum absolute atomic E-state index is 0.786. The highest BCUT2D eigenvalue weighted by Gasteiger charge is 2.33. The second-order valence-corrected chi connectivity index (χ2v) is 7.28. The summed E-state index contributed by atoms with van der Waals surface area (Å²) in [5, 5.41) is 0.929. The number of halogens is 2. The fourth-order valence-corrected chi connectivity index (χ4v) is 4.79. The summed E-state index contributed by atoms with van der Waals surface area (Å²) in [6.07, 6.45) is 8.48. The molecular weight excluding hydrogens is 366 g/mol. The molecule has 0 spiro atoms. The Morgan fingerprint density at radius 3 is 2.68 bits per heavy atom. The molecule has 1 saturated carbocycles. The van der Waals surface area contributed by atoms with Gasteiger partial charge in [-0.25, -0.2) is 0 Å². The van der Waals surface area contributed by atoms with Crippen molar-refractivity contribution < 1.29 is 0 Å². The minimum Gasteiger partial charge on any atom is -0.367 e. The number of piperidine rings is 1. The van der Waals surface area contributed by atoms with Crippen LogP contribution >= 0.6 is 31.9 Å². The molecule has 0 amide bonds. The molecule has 2 atom stereocenters. The Labute approximate surface area is 133 Å². The number of nitrogens with zero attached hydrogens (tertiary/aromatic N) is 1. The highest BCUT2D eigenvalue weighted by molar-refractivity contribution is 9.10. The summed E-state index contributed by atoms with van der Waals surface area (Å²) in [5.41, 5.74) is 2.74. The maximum absolute atomic E-state index is 3.78. The van der Waals surface area contributed by atoms with Gasteiger partial charge < -0.3 is 4.90 Å². The fraction of sp³-hybridized carbons (Fsp3) is 0.625. The topological polar surface area (TPSA) is 3.24 Å². The summed E-state index contributed by atoms with van der Waals surface area (Å²) >= 11 is 7.31. The van der Waals surface area contributed by atoms with Gasteiger partial charge in [-0.3, -0.25) is 0 Å². The molecule has 3 rings (SSSR count). The van der Waals surface area contributed by atoms with Crippen LogP contribution in [0.1, 0.15) is 44.1 Å². The number of rotatable bonds is 2. The molecule has 1 saturated heterocycles. The monoisotopic (exact) mass is 385 g/mol. The van der Waals surface area contributed by atoms with E-state index in [4.69, 9.17) is 0 Å². The van der Waals surface area contributed by atoms with E-state index in [-0.39, 0.29) is 0 Å². The molecule has 1 aromatic carbocycles. The highest BCUT2D eigenvalue weighted by atomic mass is 79.9. The molecule has 1 nitrogen and oxygen atoms in total. The molecule has 2 fully saturated rings. The first-order chi connectivity index (χ1) is 9.29. The molecule has 1 heterocycles. The third kappa shape index (κ3) is 2.87. The normalized spacial score (nSPS) is 27.2. The molecule has 0 aromatic heterocycles. The number of hydrogen-bond acceptors (Lipinski definition) is 1. The zero-order chi connectivity index (χ0) is 13.2. The standard InChI is InChI=1S/C16H21Br2N/c17-11-12-7-8-16(14(18)10-12)19-9-3-5-13-4-1-2-6-15(13)19/h7-8,10,13,15H,1-6,9,11H2. The Morgan fingerprint density at radius 1 is 1.11 bits per heavy atom. The molecule has 2 aliphatic rings. The van der Waals surface area contributed by atoms with E-state index in [1.54, 1.807) is 0 Å². The van der Waals surface area contributed by atoms with Crippen LogP contribution < -0.4 is 4.90 Å². The number of benzene rings is 1. The molecule has 0 bridgehead atoms. The lowest BCUT2D eigenvalue weighted by molar-refractivity contribution is 0.243. The summed E-state index contributed by atoms with van der Waals surface area (Å²) < 4.78 is 1.26. The van der Waals surface area contributed by atoms with Crippen LogP contribution in [0.15, 0.2) is 22.7 Å². The Kier molecular flexibility index (Phi) is 4.53. The van der Waals surface area contributed by atoms with Crippen molar-refractivity contribution in [1.29, 1.82) is 0 Å². The van der Waals surface area contributed by atoms with E-state index in [1.165, 1.54) is 60.8 Å². The van der Waals surface area contributed by atoms with Crippen LogP contribution in [0.3, 0.4) is 0 Å². The first kappa shape index (κ1) is 13.9. The van der Waals surface area contributed by atoms with Crippen LogP contribution in [0, 0.1) is 5.92 Å². The van der Waals surface area contributed by atoms with E-state index < -0.39 is 0 Å². The fourth-order valence-electron chi connectivity index (χ4n) is 3.79. The van der Waals surface area contributed by atoms with E-state index >= 15 is 0 Å². The molecule has 1 aromatic rings. The third-order valence-electron chi connectivity index (χ3n) is 4.72. The quantitative estimate of drug-likeness (QED) is 0.606. The Balaban J connectivity index is 1.87. The molecule has 0 radical (unpaired) electrons. The summed E-state index contributed by atoms with van der Waals surface area (Å²) in [4.78, 5) is 2.68. The van der Waals surface area contributed by atoms with Gasteiger partial charge in [-0.1, -0.05) is 34.8 Å². The smallest absolute Gasteiger partial charge is 0.0513 e. The molecule has 3 heteroatoms. The van der Waals surface area contributed by atoms with E-state index in [9.17, 15) is 0 Å². The molecule has 1 aliphatic heterocycles. The van der Waals surface area contributed by atoms with Gasteiger partial charge in [0, 0.05) is 22.4 Å². The van der Waals surface area contributed by atoms with E-state index in [0.29, 0.717) is 0 Å². The van der Waals surface area contributed by atoms with Crippen LogP contribution in [-0.2, 0) is 5.33 Å². The van der Waals surface area contributed by atoms with Crippen LogP contribution in [0.25, 0.3) is 0 Å².